The molecule has 0 atom stereocenters. The molecule has 4 nitrogen and oxygen atoms in total. The molecule has 0 heterocycles. The van der Waals surface area contributed by atoms with E-state index >= 15 is 0 Å². The first-order valence-electron chi connectivity index (χ1n) is 7.46. The zero-order valence-electron chi connectivity index (χ0n) is 11.9. The van der Waals surface area contributed by atoms with Gasteiger partial charge in [0, 0.05) is 5.56 Å². The largest absolute Gasteiger partial charge is 0.480 e. The van der Waals surface area contributed by atoms with Crippen molar-refractivity contribution in [2.45, 2.75) is 44.1 Å². The van der Waals surface area contributed by atoms with Crippen LogP contribution in [0.25, 0.3) is 6.08 Å². The third kappa shape index (κ3) is 2.58. The fourth-order valence-corrected chi connectivity index (χ4v) is 3.24. The molecule has 1 amide bonds. The highest BCUT2D eigenvalue weighted by atomic mass is 16.4. The van der Waals surface area contributed by atoms with Gasteiger partial charge in [-0.05, 0) is 48.9 Å². The molecule has 0 bridgehead atoms. The molecule has 2 N–H and O–H groups in total. The molecule has 2 aliphatic rings. The average Bonchev–Trinajstić information content (AvgIpc) is 2.96. The lowest BCUT2D eigenvalue weighted by molar-refractivity contribution is -0.144. The van der Waals surface area contributed by atoms with E-state index in [0.29, 0.717) is 18.4 Å². The Kier molecular flexibility index (Phi) is 3.53. The van der Waals surface area contributed by atoms with E-state index in [1.807, 2.05) is 12.1 Å². The van der Waals surface area contributed by atoms with Crippen molar-refractivity contribution in [2.24, 2.45) is 0 Å². The maximum Gasteiger partial charge on any atom is 0.329 e. The lowest BCUT2D eigenvalue weighted by Gasteiger charge is -2.25. The first-order valence-corrected chi connectivity index (χ1v) is 7.46. The lowest BCUT2D eigenvalue weighted by atomic mass is 9.94. The molecule has 110 valence electrons. The Morgan fingerprint density at radius 2 is 1.95 bits per heavy atom. The summed E-state index contributed by atoms with van der Waals surface area (Å²) in [6.07, 6.45) is 8.83. The van der Waals surface area contributed by atoms with Crippen LogP contribution in [0.2, 0.25) is 0 Å². The summed E-state index contributed by atoms with van der Waals surface area (Å²) < 4.78 is 0. The molecule has 0 spiro atoms. The number of allylic oxidation sites excluding steroid dienone is 1. The number of carbonyl (C=O) groups excluding carboxylic acids is 1. The second kappa shape index (κ2) is 5.35. The van der Waals surface area contributed by atoms with Crippen molar-refractivity contribution in [1.82, 2.24) is 5.32 Å². The van der Waals surface area contributed by atoms with Gasteiger partial charge >= 0.3 is 5.97 Å². The molecule has 1 aromatic carbocycles. The molecule has 0 radical (unpaired) electrons. The van der Waals surface area contributed by atoms with Gasteiger partial charge in [-0.2, -0.15) is 0 Å². The number of fused-ring (bicyclic) bond motifs is 1. The van der Waals surface area contributed by atoms with E-state index < -0.39 is 11.5 Å². The summed E-state index contributed by atoms with van der Waals surface area (Å²) >= 11 is 0. The lowest BCUT2D eigenvalue weighted by Crippen LogP contribution is -2.52. The normalized spacial score (nSPS) is 19.0. The van der Waals surface area contributed by atoms with Crippen molar-refractivity contribution >= 4 is 18.0 Å². The van der Waals surface area contributed by atoms with Crippen LogP contribution in [0.4, 0.5) is 0 Å². The quantitative estimate of drug-likeness (QED) is 0.897. The predicted molar refractivity (Wildman–Crippen MR) is 80.1 cm³/mol. The van der Waals surface area contributed by atoms with Crippen LogP contribution in [-0.2, 0) is 11.2 Å². The van der Waals surface area contributed by atoms with Gasteiger partial charge in [0.1, 0.15) is 5.54 Å². The number of hydrogen-bond acceptors (Lipinski definition) is 2. The molecule has 3 rings (SSSR count). The molecule has 0 saturated heterocycles. The first-order chi connectivity index (χ1) is 10.1. The van der Waals surface area contributed by atoms with Crippen molar-refractivity contribution in [1.29, 1.82) is 0 Å². The standard InChI is InChI=1S/C17H19NO3/c19-15(18-17(16(20)21)9-3-4-10-17)14-8-7-12-5-1-2-6-13(12)11-14/h1,5,7-8,11H,2-4,6,9-10H2,(H,18,19)(H,20,21). The van der Waals surface area contributed by atoms with Gasteiger partial charge in [0.15, 0.2) is 0 Å². The molecule has 2 aliphatic carbocycles. The number of carbonyl (C=O) groups is 2. The molecule has 0 aliphatic heterocycles. The van der Waals surface area contributed by atoms with Crippen LogP contribution in [0.3, 0.4) is 0 Å². The summed E-state index contributed by atoms with van der Waals surface area (Å²) in [4.78, 5) is 23.9. The number of rotatable bonds is 3. The second-order valence-corrected chi connectivity index (χ2v) is 5.90. The smallest absolute Gasteiger partial charge is 0.329 e. The van der Waals surface area contributed by atoms with Crippen LogP contribution in [0, 0.1) is 0 Å². The topological polar surface area (TPSA) is 66.4 Å². The highest BCUT2D eigenvalue weighted by molar-refractivity contribution is 5.98. The van der Waals surface area contributed by atoms with E-state index in [1.54, 1.807) is 6.07 Å². The fourth-order valence-electron chi connectivity index (χ4n) is 3.24. The van der Waals surface area contributed by atoms with E-state index in [-0.39, 0.29) is 5.91 Å². The van der Waals surface area contributed by atoms with Crippen LogP contribution in [0.5, 0.6) is 0 Å². The van der Waals surface area contributed by atoms with Crippen molar-refractivity contribution in [3.8, 4) is 0 Å². The van der Waals surface area contributed by atoms with E-state index in [0.717, 1.165) is 36.8 Å². The second-order valence-electron chi connectivity index (χ2n) is 5.90. The first kappa shape index (κ1) is 13.9. The van der Waals surface area contributed by atoms with Gasteiger partial charge in [0.05, 0.1) is 0 Å². The van der Waals surface area contributed by atoms with Gasteiger partial charge in [0.2, 0.25) is 0 Å². The number of nitrogens with one attached hydrogen (secondary N) is 1. The van der Waals surface area contributed by atoms with Crippen molar-refractivity contribution in [2.75, 3.05) is 0 Å². The minimum Gasteiger partial charge on any atom is -0.480 e. The maximum absolute atomic E-state index is 12.4. The summed E-state index contributed by atoms with van der Waals surface area (Å²) in [5.41, 5.74) is 1.77. The number of carboxylic acid groups (broad SMARTS) is 1. The van der Waals surface area contributed by atoms with Gasteiger partial charge in [-0.3, -0.25) is 4.79 Å². The predicted octanol–water partition coefficient (Wildman–Crippen LogP) is 2.77. The summed E-state index contributed by atoms with van der Waals surface area (Å²) in [5.74, 6) is -1.20. The Balaban J connectivity index is 1.82. The number of aliphatic carboxylic acids is 1. The molecule has 0 unspecified atom stereocenters. The van der Waals surface area contributed by atoms with Crippen LogP contribution < -0.4 is 5.32 Å². The molecule has 21 heavy (non-hydrogen) atoms. The van der Waals surface area contributed by atoms with Crippen molar-refractivity contribution < 1.29 is 14.7 Å². The minimum absolute atomic E-state index is 0.281. The Labute approximate surface area is 123 Å². The monoisotopic (exact) mass is 285 g/mol. The highest BCUT2D eigenvalue weighted by Crippen LogP contribution is 2.30. The van der Waals surface area contributed by atoms with Crippen LogP contribution in [0.1, 0.15) is 53.6 Å². The number of hydrogen-bond donors (Lipinski definition) is 2. The third-order valence-corrected chi connectivity index (χ3v) is 4.50. The SMILES string of the molecule is O=C(NC1(C(=O)O)CCCC1)c1ccc2c(c1)CCC=C2. The van der Waals surface area contributed by atoms with E-state index in [9.17, 15) is 14.7 Å². The van der Waals surface area contributed by atoms with Crippen molar-refractivity contribution in [3.63, 3.8) is 0 Å². The summed E-state index contributed by atoms with van der Waals surface area (Å²) in [6.45, 7) is 0. The Bertz CT molecular complexity index is 612. The van der Waals surface area contributed by atoms with Gasteiger partial charge in [-0.25, -0.2) is 4.79 Å². The van der Waals surface area contributed by atoms with Gasteiger partial charge in [0.25, 0.3) is 5.91 Å². The van der Waals surface area contributed by atoms with E-state index in [2.05, 4.69) is 17.5 Å². The van der Waals surface area contributed by atoms with Gasteiger partial charge < -0.3 is 10.4 Å². The molecular weight excluding hydrogens is 266 g/mol. The number of carboxylic acids is 1. The summed E-state index contributed by atoms with van der Waals surface area (Å²) in [7, 11) is 0. The Hall–Kier alpha value is -2.10. The van der Waals surface area contributed by atoms with Crippen LogP contribution in [-0.4, -0.2) is 22.5 Å². The third-order valence-electron chi connectivity index (χ3n) is 4.50. The molecule has 0 aromatic heterocycles. The Morgan fingerprint density at radius 3 is 2.67 bits per heavy atom. The average molecular weight is 285 g/mol. The van der Waals surface area contributed by atoms with Crippen LogP contribution >= 0.6 is 0 Å². The number of amides is 1. The van der Waals surface area contributed by atoms with Gasteiger partial charge in [-0.1, -0.05) is 31.1 Å². The molecule has 4 heteroatoms. The number of benzene rings is 1. The minimum atomic E-state index is -1.08. The van der Waals surface area contributed by atoms with Crippen LogP contribution in [0.15, 0.2) is 24.3 Å². The zero-order chi connectivity index (χ0) is 14.9. The van der Waals surface area contributed by atoms with E-state index in [1.165, 1.54) is 0 Å². The molecule has 1 saturated carbocycles. The van der Waals surface area contributed by atoms with E-state index in [4.69, 9.17) is 0 Å². The number of aryl methyl sites for hydroxylation is 1. The summed E-state index contributed by atoms with van der Waals surface area (Å²) in [5, 5.41) is 12.2. The maximum atomic E-state index is 12.4. The fraction of sp³-hybridized carbons (Fsp3) is 0.412. The molecule has 1 aromatic rings. The summed E-state index contributed by atoms with van der Waals surface area (Å²) in [6, 6.07) is 5.59. The molecular formula is C17H19NO3. The molecule has 1 fully saturated rings. The van der Waals surface area contributed by atoms with Gasteiger partial charge in [-0.15, -0.1) is 0 Å². The van der Waals surface area contributed by atoms with Crippen molar-refractivity contribution in [3.05, 3.63) is 41.0 Å². The Morgan fingerprint density at radius 1 is 1.19 bits per heavy atom. The zero-order valence-corrected chi connectivity index (χ0v) is 11.9. The highest BCUT2D eigenvalue weighted by Gasteiger charge is 2.42.